The fourth-order valence-electron chi connectivity index (χ4n) is 2.98. The van der Waals surface area contributed by atoms with Gasteiger partial charge in [-0.05, 0) is 43.7 Å². The van der Waals surface area contributed by atoms with Crippen molar-refractivity contribution in [2.24, 2.45) is 0 Å². The first-order valence-corrected chi connectivity index (χ1v) is 11.3. The van der Waals surface area contributed by atoms with Crippen LogP contribution in [0.25, 0.3) is 0 Å². The van der Waals surface area contributed by atoms with Gasteiger partial charge in [-0.25, -0.2) is 9.59 Å². The van der Waals surface area contributed by atoms with E-state index in [0.29, 0.717) is 22.9 Å². The molecular weight excluding hydrogens is 400 g/mol. The Morgan fingerprint density at radius 1 is 0.967 bits per heavy atom. The van der Waals surface area contributed by atoms with Crippen LogP contribution in [0.5, 0.6) is 5.75 Å². The second-order valence-corrected chi connectivity index (χ2v) is 8.40. The maximum atomic E-state index is 12.2. The number of urea groups is 1. The van der Waals surface area contributed by atoms with Crippen LogP contribution in [0.15, 0.2) is 30.3 Å². The number of amides is 2. The first-order valence-electron chi connectivity index (χ1n) is 10.5. The number of aryl methyl sites for hydroxylation is 1. The molecule has 6 nitrogen and oxygen atoms in total. The normalized spacial score (nSPS) is 10.5. The second-order valence-electron chi connectivity index (χ2n) is 7.15. The van der Waals surface area contributed by atoms with Gasteiger partial charge in [0.1, 0.15) is 10.6 Å². The second kappa shape index (κ2) is 12.9. The summed E-state index contributed by atoms with van der Waals surface area (Å²) >= 11 is 1.28. The molecule has 0 aliphatic carbocycles. The summed E-state index contributed by atoms with van der Waals surface area (Å²) in [6.07, 6.45) is 8.77. The lowest BCUT2D eigenvalue weighted by molar-refractivity contribution is 0.0606. The molecular formula is C23H32N2O4S. The summed E-state index contributed by atoms with van der Waals surface area (Å²) in [6, 6.07) is 8.56. The summed E-state index contributed by atoms with van der Waals surface area (Å²) in [5.74, 6) is 0.381. The SMILES string of the molecule is CCCCCCCCCOc1ccc(NC(=O)Nc2cc(C(=O)OC)sc2C)cc1. The van der Waals surface area contributed by atoms with E-state index in [4.69, 9.17) is 9.47 Å². The van der Waals surface area contributed by atoms with Crippen LogP contribution in [0.1, 0.15) is 66.4 Å². The van der Waals surface area contributed by atoms with Crippen molar-refractivity contribution in [2.45, 2.75) is 58.8 Å². The van der Waals surface area contributed by atoms with Crippen LogP contribution in [-0.2, 0) is 4.74 Å². The smallest absolute Gasteiger partial charge is 0.348 e. The maximum Gasteiger partial charge on any atom is 0.348 e. The molecule has 0 atom stereocenters. The average Bonchev–Trinajstić information content (AvgIpc) is 3.10. The Hall–Kier alpha value is -2.54. The molecule has 30 heavy (non-hydrogen) atoms. The van der Waals surface area contributed by atoms with Crippen molar-refractivity contribution < 1.29 is 19.1 Å². The number of hydrogen-bond donors (Lipinski definition) is 2. The van der Waals surface area contributed by atoms with Crippen molar-refractivity contribution in [3.63, 3.8) is 0 Å². The summed E-state index contributed by atoms with van der Waals surface area (Å²) < 4.78 is 10.5. The van der Waals surface area contributed by atoms with Crippen LogP contribution in [-0.4, -0.2) is 25.7 Å². The van der Waals surface area contributed by atoms with Crippen LogP contribution in [0.4, 0.5) is 16.2 Å². The van der Waals surface area contributed by atoms with Crippen LogP contribution < -0.4 is 15.4 Å². The van der Waals surface area contributed by atoms with Gasteiger partial charge in [-0.2, -0.15) is 0 Å². The highest BCUT2D eigenvalue weighted by Gasteiger charge is 2.14. The Bertz CT molecular complexity index is 802. The molecule has 7 heteroatoms. The minimum atomic E-state index is -0.413. The first-order chi connectivity index (χ1) is 14.5. The molecule has 1 aromatic heterocycles. The summed E-state index contributed by atoms with van der Waals surface area (Å²) in [4.78, 5) is 25.1. The quantitative estimate of drug-likeness (QED) is 0.292. The zero-order valence-electron chi connectivity index (χ0n) is 18.1. The molecule has 0 bridgehead atoms. The largest absolute Gasteiger partial charge is 0.494 e. The van der Waals surface area contributed by atoms with Crippen LogP contribution in [0.2, 0.25) is 0 Å². The van der Waals surface area contributed by atoms with Crippen LogP contribution in [0.3, 0.4) is 0 Å². The van der Waals surface area contributed by atoms with Gasteiger partial charge in [0.05, 0.1) is 19.4 Å². The zero-order chi connectivity index (χ0) is 21.8. The van der Waals surface area contributed by atoms with Crippen LogP contribution >= 0.6 is 11.3 Å². The molecule has 0 unspecified atom stereocenters. The number of benzene rings is 1. The van der Waals surface area contributed by atoms with Crippen molar-refractivity contribution in [3.8, 4) is 5.75 Å². The minimum absolute atomic E-state index is 0.371. The molecule has 1 aromatic carbocycles. The van der Waals surface area contributed by atoms with E-state index < -0.39 is 5.97 Å². The van der Waals surface area contributed by atoms with Gasteiger partial charge in [-0.1, -0.05) is 45.4 Å². The molecule has 0 spiro atoms. The van der Waals surface area contributed by atoms with E-state index in [-0.39, 0.29) is 6.03 Å². The van der Waals surface area contributed by atoms with E-state index in [9.17, 15) is 9.59 Å². The van der Waals surface area contributed by atoms with Gasteiger partial charge in [0, 0.05) is 10.6 Å². The van der Waals surface area contributed by atoms with Crippen molar-refractivity contribution in [1.29, 1.82) is 0 Å². The number of esters is 1. The molecule has 2 amide bonds. The highest BCUT2D eigenvalue weighted by Crippen LogP contribution is 2.27. The predicted octanol–water partition coefficient (Wildman–Crippen LogP) is 6.62. The number of carbonyl (C=O) groups is 2. The van der Waals surface area contributed by atoms with Crippen molar-refractivity contribution in [1.82, 2.24) is 0 Å². The highest BCUT2D eigenvalue weighted by atomic mass is 32.1. The van der Waals surface area contributed by atoms with Gasteiger partial charge in [0.25, 0.3) is 0 Å². The maximum absolute atomic E-state index is 12.2. The fourth-order valence-corrected chi connectivity index (χ4v) is 3.87. The number of unbranched alkanes of at least 4 members (excludes halogenated alkanes) is 6. The molecule has 0 aliphatic heterocycles. The number of thiophene rings is 1. The van der Waals surface area contributed by atoms with E-state index in [1.807, 2.05) is 19.1 Å². The Labute approximate surface area is 183 Å². The van der Waals surface area contributed by atoms with Gasteiger partial charge < -0.3 is 20.1 Å². The van der Waals surface area contributed by atoms with Crippen molar-refractivity contribution >= 4 is 34.7 Å². The third kappa shape index (κ3) is 8.06. The Balaban J connectivity index is 1.72. The number of nitrogens with one attached hydrogen (secondary N) is 2. The molecule has 1 heterocycles. The van der Waals surface area contributed by atoms with Crippen molar-refractivity contribution in [2.75, 3.05) is 24.4 Å². The van der Waals surface area contributed by atoms with Crippen molar-refractivity contribution in [3.05, 3.63) is 40.1 Å². The Kier molecular flexibility index (Phi) is 10.2. The molecule has 2 N–H and O–H groups in total. The van der Waals surface area contributed by atoms with E-state index in [1.54, 1.807) is 18.2 Å². The topological polar surface area (TPSA) is 76.7 Å². The molecule has 0 fully saturated rings. The third-order valence-corrected chi connectivity index (χ3v) is 5.71. The van der Waals surface area contributed by atoms with E-state index in [2.05, 4.69) is 17.6 Å². The van der Waals surface area contributed by atoms with E-state index >= 15 is 0 Å². The third-order valence-electron chi connectivity index (χ3n) is 4.68. The van der Waals surface area contributed by atoms with Crippen LogP contribution in [0, 0.1) is 6.92 Å². The lowest BCUT2D eigenvalue weighted by atomic mass is 10.1. The molecule has 0 saturated carbocycles. The lowest BCUT2D eigenvalue weighted by Crippen LogP contribution is -2.19. The Morgan fingerprint density at radius 3 is 2.30 bits per heavy atom. The summed E-state index contributed by atoms with van der Waals surface area (Å²) in [6.45, 7) is 4.78. The number of anilines is 2. The number of carbonyl (C=O) groups excluding carboxylic acids is 2. The molecule has 0 radical (unpaired) electrons. The zero-order valence-corrected chi connectivity index (χ0v) is 18.9. The molecule has 164 valence electrons. The lowest BCUT2D eigenvalue weighted by Gasteiger charge is -2.09. The molecule has 2 aromatic rings. The number of ether oxygens (including phenoxy) is 2. The number of methoxy groups -OCH3 is 1. The highest BCUT2D eigenvalue weighted by molar-refractivity contribution is 7.14. The summed E-state index contributed by atoms with van der Waals surface area (Å²) in [5.41, 5.74) is 1.25. The summed E-state index contributed by atoms with van der Waals surface area (Å²) in [5, 5.41) is 5.54. The fraction of sp³-hybridized carbons (Fsp3) is 0.478. The van der Waals surface area contributed by atoms with E-state index in [0.717, 1.165) is 17.0 Å². The monoisotopic (exact) mass is 432 g/mol. The van der Waals surface area contributed by atoms with Gasteiger partial charge >= 0.3 is 12.0 Å². The standard InChI is InChI=1S/C23H32N2O4S/c1-4-5-6-7-8-9-10-15-29-19-13-11-18(12-14-19)24-23(27)25-20-16-21(22(26)28-3)30-17(20)2/h11-14,16H,4-10,15H2,1-3H3,(H2,24,25,27). The Morgan fingerprint density at radius 2 is 1.63 bits per heavy atom. The van der Waals surface area contributed by atoms with Gasteiger partial charge in [-0.3, -0.25) is 0 Å². The number of hydrogen-bond acceptors (Lipinski definition) is 5. The molecule has 2 rings (SSSR count). The minimum Gasteiger partial charge on any atom is -0.494 e. The summed E-state index contributed by atoms with van der Waals surface area (Å²) in [7, 11) is 1.33. The van der Waals surface area contributed by atoms with E-state index in [1.165, 1.54) is 57.0 Å². The van der Waals surface area contributed by atoms with Gasteiger partial charge in [0.15, 0.2) is 0 Å². The molecule has 0 aliphatic rings. The van der Waals surface area contributed by atoms with Gasteiger partial charge in [-0.15, -0.1) is 11.3 Å². The number of rotatable bonds is 12. The van der Waals surface area contributed by atoms with Gasteiger partial charge in [0.2, 0.25) is 0 Å². The average molecular weight is 433 g/mol. The predicted molar refractivity (Wildman–Crippen MR) is 123 cm³/mol. The molecule has 0 saturated heterocycles. The first kappa shape index (κ1) is 23.7.